The van der Waals surface area contributed by atoms with Gasteiger partial charge in [0.25, 0.3) is 0 Å². The van der Waals surface area contributed by atoms with Crippen LogP contribution in [0.2, 0.25) is 0 Å². The van der Waals surface area contributed by atoms with Crippen LogP contribution in [0.1, 0.15) is 20.8 Å². The van der Waals surface area contributed by atoms with Crippen molar-refractivity contribution in [3.8, 4) is 5.75 Å². The Kier molecular flexibility index (Phi) is 5.61. The first-order chi connectivity index (χ1) is 9.60. The highest BCUT2D eigenvalue weighted by Crippen LogP contribution is 2.26. The van der Waals surface area contributed by atoms with Gasteiger partial charge in [-0.3, -0.25) is 0 Å². The van der Waals surface area contributed by atoms with Gasteiger partial charge in [-0.05, 0) is 40.1 Å². The van der Waals surface area contributed by atoms with Crippen molar-refractivity contribution in [1.29, 1.82) is 0 Å². The van der Waals surface area contributed by atoms with Crippen molar-refractivity contribution in [2.45, 2.75) is 31.2 Å². The summed E-state index contributed by atoms with van der Waals surface area (Å²) in [6, 6.07) is 4.47. The summed E-state index contributed by atoms with van der Waals surface area (Å²) in [5.74, 6) is 0.379. The monoisotopic (exact) mass is 315 g/mol. The molecule has 7 heteroatoms. The number of sulfonamides is 1. The number of nitrogens with zero attached hydrogens (tertiary/aromatic N) is 1. The number of likely N-dealkylation sites (N-methyl/N-ethyl adjacent to an activating group) is 1. The minimum absolute atomic E-state index is 0.149. The highest BCUT2D eigenvalue weighted by atomic mass is 32.2. The highest BCUT2D eigenvalue weighted by molar-refractivity contribution is 7.89. The van der Waals surface area contributed by atoms with E-state index in [2.05, 4.69) is 4.72 Å². The smallest absolute Gasteiger partial charge is 0.240 e. The quantitative estimate of drug-likeness (QED) is 0.741. The first-order valence-electron chi connectivity index (χ1n) is 6.79. The van der Waals surface area contributed by atoms with E-state index in [1.807, 2.05) is 32.8 Å². The third-order valence-corrected chi connectivity index (χ3v) is 4.96. The lowest BCUT2D eigenvalue weighted by Crippen LogP contribution is -2.43. The Balaban J connectivity index is 2.99. The van der Waals surface area contributed by atoms with Gasteiger partial charge in [-0.1, -0.05) is 6.92 Å². The summed E-state index contributed by atoms with van der Waals surface area (Å²) in [6.45, 7) is 6.52. The normalized spacial score (nSPS) is 12.7. The van der Waals surface area contributed by atoms with Gasteiger partial charge in [-0.25, -0.2) is 13.1 Å². The van der Waals surface area contributed by atoms with Crippen LogP contribution in [-0.4, -0.2) is 46.1 Å². The third kappa shape index (κ3) is 4.59. The number of anilines is 1. The van der Waals surface area contributed by atoms with Crippen molar-refractivity contribution in [3.05, 3.63) is 18.2 Å². The second-order valence-electron chi connectivity index (χ2n) is 5.70. The number of ether oxygens (including phenoxy) is 1. The molecule has 21 heavy (non-hydrogen) atoms. The molecule has 0 spiro atoms. The van der Waals surface area contributed by atoms with Crippen molar-refractivity contribution in [2.75, 3.05) is 33.0 Å². The average Bonchev–Trinajstić information content (AvgIpc) is 2.37. The first-order valence-corrected chi connectivity index (χ1v) is 8.28. The number of benzene rings is 1. The molecule has 0 aliphatic rings. The maximum atomic E-state index is 12.0. The Labute approximate surface area is 127 Å². The zero-order valence-corrected chi connectivity index (χ0v) is 14.1. The SMILES string of the molecule is CCNS(=O)(=O)c1ccc(N)c(OCC(C)(C)N(C)C)c1. The van der Waals surface area contributed by atoms with Crippen LogP contribution in [0.15, 0.2) is 23.1 Å². The molecule has 1 aromatic rings. The van der Waals surface area contributed by atoms with Crippen LogP contribution in [0.3, 0.4) is 0 Å². The summed E-state index contributed by atoms with van der Waals surface area (Å²) in [7, 11) is 0.399. The number of hydrogen-bond acceptors (Lipinski definition) is 5. The predicted molar refractivity (Wildman–Crippen MR) is 85.0 cm³/mol. The molecule has 0 aromatic heterocycles. The largest absolute Gasteiger partial charge is 0.489 e. The molecule has 1 rings (SSSR count). The summed E-state index contributed by atoms with van der Waals surface area (Å²) >= 11 is 0. The molecule has 1 aromatic carbocycles. The van der Waals surface area contributed by atoms with E-state index in [0.29, 0.717) is 24.6 Å². The molecule has 0 heterocycles. The Morgan fingerprint density at radius 3 is 2.48 bits per heavy atom. The zero-order chi connectivity index (χ0) is 16.3. The van der Waals surface area contributed by atoms with Crippen LogP contribution >= 0.6 is 0 Å². The van der Waals surface area contributed by atoms with Crippen molar-refractivity contribution in [2.24, 2.45) is 0 Å². The Bertz CT molecular complexity index is 583. The molecule has 6 nitrogen and oxygen atoms in total. The van der Waals surface area contributed by atoms with E-state index >= 15 is 0 Å². The van der Waals surface area contributed by atoms with Gasteiger partial charge >= 0.3 is 0 Å². The van der Waals surface area contributed by atoms with E-state index in [-0.39, 0.29) is 10.4 Å². The lowest BCUT2D eigenvalue weighted by Gasteiger charge is -2.32. The minimum Gasteiger partial charge on any atom is -0.489 e. The van der Waals surface area contributed by atoms with Crippen LogP contribution in [0.5, 0.6) is 5.75 Å². The second-order valence-corrected chi connectivity index (χ2v) is 7.46. The Morgan fingerprint density at radius 1 is 1.33 bits per heavy atom. The number of nitrogen functional groups attached to an aromatic ring is 1. The van der Waals surface area contributed by atoms with Gasteiger partial charge in [0.15, 0.2) is 0 Å². The van der Waals surface area contributed by atoms with Crippen molar-refractivity contribution < 1.29 is 13.2 Å². The molecule has 0 amide bonds. The zero-order valence-electron chi connectivity index (χ0n) is 13.3. The summed E-state index contributed by atoms with van der Waals surface area (Å²) < 4.78 is 32.1. The van der Waals surface area contributed by atoms with Crippen molar-refractivity contribution >= 4 is 15.7 Å². The van der Waals surface area contributed by atoms with Crippen molar-refractivity contribution in [1.82, 2.24) is 9.62 Å². The van der Waals surface area contributed by atoms with E-state index in [0.717, 1.165) is 0 Å². The van der Waals surface area contributed by atoms with Crippen LogP contribution in [0, 0.1) is 0 Å². The molecule has 0 aliphatic carbocycles. The molecule has 120 valence electrons. The summed E-state index contributed by atoms with van der Waals surface area (Å²) in [6.07, 6.45) is 0. The maximum absolute atomic E-state index is 12.0. The number of hydrogen-bond donors (Lipinski definition) is 2. The summed E-state index contributed by atoms with van der Waals surface area (Å²) in [5.41, 5.74) is 6.08. The minimum atomic E-state index is -3.52. The molecule has 0 aliphatic heterocycles. The molecule has 3 N–H and O–H groups in total. The fourth-order valence-electron chi connectivity index (χ4n) is 1.46. The van der Waals surface area contributed by atoms with Gasteiger partial charge in [-0.2, -0.15) is 0 Å². The van der Waals surface area contributed by atoms with E-state index in [1.54, 1.807) is 13.0 Å². The Morgan fingerprint density at radius 2 is 1.95 bits per heavy atom. The topological polar surface area (TPSA) is 84.7 Å². The molecule has 0 atom stereocenters. The Hall–Kier alpha value is -1.31. The molecular formula is C14H25N3O3S. The van der Waals surface area contributed by atoms with Crippen LogP contribution in [-0.2, 0) is 10.0 Å². The molecule has 0 unspecified atom stereocenters. The summed E-state index contributed by atoms with van der Waals surface area (Å²) in [4.78, 5) is 2.18. The van der Waals surface area contributed by atoms with E-state index in [4.69, 9.17) is 10.5 Å². The van der Waals surface area contributed by atoms with Gasteiger partial charge in [0.1, 0.15) is 12.4 Å². The van der Waals surface area contributed by atoms with Gasteiger partial charge < -0.3 is 15.4 Å². The third-order valence-electron chi connectivity index (χ3n) is 3.42. The lowest BCUT2D eigenvalue weighted by atomic mass is 10.1. The van der Waals surface area contributed by atoms with Crippen LogP contribution < -0.4 is 15.2 Å². The molecular weight excluding hydrogens is 290 g/mol. The van der Waals surface area contributed by atoms with Crippen LogP contribution in [0.4, 0.5) is 5.69 Å². The molecule has 0 bridgehead atoms. The van der Waals surface area contributed by atoms with Gasteiger partial charge in [0.2, 0.25) is 10.0 Å². The number of rotatable bonds is 7. The molecule has 0 fully saturated rings. The number of nitrogens with one attached hydrogen (secondary N) is 1. The lowest BCUT2D eigenvalue weighted by molar-refractivity contribution is 0.114. The van der Waals surface area contributed by atoms with Crippen LogP contribution in [0.25, 0.3) is 0 Å². The highest BCUT2D eigenvalue weighted by Gasteiger charge is 2.22. The van der Waals surface area contributed by atoms with E-state index in [1.165, 1.54) is 12.1 Å². The van der Waals surface area contributed by atoms with Gasteiger partial charge in [0, 0.05) is 18.2 Å². The molecule has 0 saturated carbocycles. The number of nitrogens with two attached hydrogens (primary N) is 1. The first kappa shape index (κ1) is 17.7. The second kappa shape index (κ2) is 6.64. The average molecular weight is 315 g/mol. The van der Waals surface area contributed by atoms with E-state index in [9.17, 15) is 8.42 Å². The predicted octanol–water partition coefficient (Wildman–Crippen LogP) is 1.29. The molecule has 0 saturated heterocycles. The fraction of sp³-hybridized carbons (Fsp3) is 0.571. The van der Waals surface area contributed by atoms with E-state index < -0.39 is 10.0 Å². The van der Waals surface area contributed by atoms with Crippen molar-refractivity contribution in [3.63, 3.8) is 0 Å². The van der Waals surface area contributed by atoms with Gasteiger partial charge in [0.05, 0.1) is 10.6 Å². The fourth-order valence-corrected chi connectivity index (χ4v) is 2.52. The standard InChI is InChI=1S/C14H25N3O3S/c1-6-16-21(18,19)11-7-8-12(15)13(9-11)20-10-14(2,3)17(4)5/h7-9,16H,6,10,15H2,1-5H3. The molecule has 0 radical (unpaired) electrons. The maximum Gasteiger partial charge on any atom is 0.240 e. The van der Waals surface area contributed by atoms with Gasteiger partial charge in [-0.15, -0.1) is 0 Å². The summed E-state index contributed by atoms with van der Waals surface area (Å²) in [5, 5.41) is 0.